The summed E-state index contributed by atoms with van der Waals surface area (Å²) in [6.45, 7) is 12.0. The molecule has 0 saturated carbocycles. The minimum absolute atomic E-state index is 0.847. The van der Waals surface area contributed by atoms with E-state index in [-0.39, 0.29) is 0 Å². The average molecular weight is 504 g/mol. The van der Waals surface area contributed by atoms with Crippen LogP contribution in [-0.4, -0.2) is 111 Å². The van der Waals surface area contributed by atoms with Crippen molar-refractivity contribution in [3.8, 4) is 0 Å². The fraction of sp³-hybridized carbons (Fsp3) is 1.00. The first-order valence-electron chi connectivity index (χ1n) is 9.93. The normalized spacial score (nSPS) is 15.1. The summed E-state index contributed by atoms with van der Waals surface area (Å²) in [5.74, 6) is 0. The van der Waals surface area contributed by atoms with Crippen molar-refractivity contribution in [3.05, 3.63) is 0 Å². The Morgan fingerprint density at radius 1 is 0.355 bits per heavy atom. The molecule has 0 saturated heterocycles. The number of rotatable bonds is 15. The monoisotopic (exact) mass is 503 g/mol. The Morgan fingerprint density at radius 2 is 0.484 bits per heavy atom. The van der Waals surface area contributed by atoms with Gasteiger partial charge in [0.15, 0.2) is 0 Å². The minimum Gasteiger partial charge on any atom is -0.376 e. The molecule has 0 aliphatic rings. The zero-order valence-electron chi connectivity index (χ0n) is 22.1. The maximum atomic E-state index is 5.94. The average Bonchev–Trinajstić information content (AvgIpc) is 2.71. The van der Waals surface area contributed by atoms with Gasteiger partial charge < -0.3 is 39.8 Å². The Bertz CT molecular complexity index is 451. The van der Waals surface area contributed by atoms with Crippen LogP contribution in [0.3, 0.4) is 0 Å². The van der Waals surface area contributed by atoms with E-state index in [1.807, 2.05) is 41.5 Å². The zero-order valence-corrected chi connectivity index (χ0v) is 25.1. The molecule has 31 heavy (non-hydrogen) atoms. The van der Waals surface area contributed by atoms with Crippen LogP contribution < -0.4 is 0 Å². The van der Waals surface area contributed by atoms with Crippen molar-refractivity contribution >= 4 is 26.4 Å². The molecule has 0 atom stereocenters. The third kappa shape index (κ3) is 4.62. The Morgan fingerprint density at radius 3 is 0.581 bits per heavy atom. The van der Waals surface area contributed by atoms with Crippen LogP contribution in [-0.2, 0) is 39.8 Å². The molecule has 0 aromatic carbocycles. The first-order chi connectivity index (χ1) is 14.2. The molecule has 0 heterocycles. The topological polar surface area (TPSA) is 86.3 Å². The minimum atomic E-state index is -3.32. The quantitative estimate of drug-likeness (QED) is 0.309. The van der Waals surface area contributed by atoms with Gasteiger partial charge in [-0.3, -0.25) is 4.90 Å². The van der Waals surface area contributed by atoms with Crippen molar-refractivity contribution in [1.29, 1.82) is 0 Å². The first-order valence-corrected chi connectivity index (χ1v) is 15.1. The summed E-state index contributed by atoms with van der Waals surface area (Å²) in [4.78, 5) is 2.15. The van der Waals surface area contributed by atoms with Crippen LogP contribution in [0, 0.1) is 0 Å². The van der Waals surface area contributed by atoms with E-state index in [2.05, 4.69) is 4.90 Å². The van der Waals surface area contributed by atoms with Crippen molar-refractivity contribution in [2.24, 2.45) is 0 Å². The van der Waals surface area contributed by atoms with E-state index in [4.69, 9.17) is 39.8 Å². The number of nitrogens with zero attached hydrogens (tertiary/aromatic N) is 1. The molecule has 10 nitrogen and oxygen atoms in total. The summed E-state index contributed by atoms with van der Waals surface area (Å²) in [5.41, 5.74) is 0. The molecule has 0 aromatic heterocycles. The summed E-state index contributed by atoms with van der Waals surface area (Å²) in [5, 5.41) is -2.54. The predicted molar refractivity (Wildman–Crippen MR) is 124 cm³/mol. The molecule has 0 rings (SSSR count). The van der Waals surface area contributed by atoms with Crippen LogP contribution >= 0.6 is 0 Å². The van der Waals surface area contributed by atoms with Crippen LogP contribution in [0.5, 0.6) is 0 Å². The largest absolute Gasteiger partial charge is 0.521 e. The van der Waals surface area contributed by atoms with Gasteiger partial charge in [0, 0.05) is 64.0 Å². The smallest absolute Gasteiger partial charge is 0.376 e. The second kappa shape index (κ2) is 11.1. The van der Waals surface area contributed by atoms with Gasteiger partial charge in [-0.25, -0.2) is 0 Å². The summed E-state index contributed by atoms with van der Waals surface area (Å²) >= 11 is 0. The van der Waals surface area contributed by atoms with E-state index in [1.54, 1.807) is 64.0 Å². The maximum Gasteiger partial charge on any atom is 0.521 e. The van der Waals surface area contributed by atoms with Crippen LogP contribution in [0.4, 0.5) is 0 Å². The van der Waals surface area contributed by atoms with E-state index in [0.717, 1.165) is 0 Å². The lowest BCUT2D eigenvalue weighted by molar-refractivity contribution is -0.0769. The highest BCUT2D eigenvalue weighted by Crippen LogP contribution is 2.47. The standard InChI is InChI=1S/C18H45NO9Si3/c1-16(2,29(20-7,21-8)22-9)19(17(3,4)30(23-10,24-11)25-12)18(5,6)31(26-13,27-14)28-15/h1-15H3. The van der Waals surface area contributed by atoms with Crippen molar-refractivity contribution in [3.63, 3.8) is 0 Å². The highest BCUT2D eigenvalue weighted by Gasteiger charge is 2.74. The van der Waals surface area contributed by atoms with E-state index in [0.29, 0.717) is 0 Å². The number of hydrogen-bond donors (Lipinski definition) is 0. The van der Waals surface area contributed by atoms with Gasteiger partial charge in [-0.05, 0) is 41.5 Å². The van der Waals surface area contributed by atoms with Crippen LogP contribution in [0.1, 0.15) is 41.5 Å². The molecule has 0 unspecified atom stereocenters. The molecule has 13 heteroatoms. The molecule has 188 valence electrons. The SMILES string of the molecule is CO[Si](OC)(OC)C(C)(C)N(C(C)(C)[Si](OC)(OC)OC)C(C)(C)[Si](OC)(OC)OC. The summed E-state index contributed by atoms with van der Waals surface area (Å²) in [7, 11) is 4.28. The van der Waals surface area contributed by atoms with Gasteiger partial charge in [-0.15, -0.1) is 0 Å². The molecule has 0 bridgehead atoms. The van der Waals surface area contributed by atoms with Crippen LogP contribution in [0.15, 0.2) is 0 Å². The van der Waals surface area contributed by atoms with Gasteiger partial charge in [0.1, 0.15) is 0 Å². The van der Waals surface area contributed by atoms with E-state index in [1.165, 1.54) is 0 Å². The predicted octanol–water partition coefficient (Wildman–Crippen LogP) is 1.88. The zero-order chi connectivity index (χ0) is 24.9. The first kappa shape index (κ1) is 31.3. The Kier molecular flexibility index (Phi) is 11.2. The van der Waals surface area contributed by atoms with Crippen molar-refractivity contribution in [1.82, 2.24) is 4.90 Å². The highest BCUT2D eigenvalue weighted by atomic mass is 28.4. The van der Waals surface area contributed by atoms with Gasteiger partial charge in [0.25, 0.3) is 0 Å². The molecule has 0 aromatic rings. The highest BCUT2D eigenvalue weighted by molar-refractivity contribution is 6.68. The van der Waals surface area contributed by atoms with E-state index in [9.17, 15) is 0 Å². The molecule has 0 N–H and O–H groups in total. The fourth-order valence-electron chi connectivity index (χ4n) is 5.51. The van der Waals surface area contributed by atoms with Gasteiger partial charge in [-0.1, -0.05) is 0 Å². The molecule has 0 fully saturated rings. The lowest BCUT2D eigenvalue weighted by Crippen LogP contribution is -2.86. The lowest BCUT2D eigenvalue weighted by Gasteiger charge is -2.62. The Balaban J connectivity index is 7.47. The van der Waals surface area contributed by atoms with Crippen LogP contribution in [0.25, 0.3) is 0 Å². The van der Waals surface area contributed by atoms with Crippen molar-refractivity contribution < 1.29 is 39.8 Å². The van der Waals surface area contributed by atoms with Gasteiger partial charge in [-0.2, -0.15) is 0 Å². The van der Waals surface area contributed by atoms with Gasteiger partial charge in [0.05, 0.1) is 15.5 Å². The van der Waals surface area contributed by atoms with Crippen molar-refractivity contribution in [2.45, 2.75) is 57.0 Å². The molecular weight excluding hydrogens is 458 g/mol. The molecule has 0 amide bonds. The molecule has 0 aliphatic carbocycles. The molecule has 0 aliphatic heterocycles. The molecular formula is C18H45NO9Si3. The van der Waals surface area contributed by atoms with Gasteiger partial charge >= 0.3 is 26.4 Å². The lowest BCUT2D eigenvalue weighted by atomic mass is 10.1. The summed E-state index contributed by atoms with van der Waals surface area (Å²) < 4.78 is 53.4. The Labute approximate surface area is 192 Å². The summed E-state index contributed by atoms with van der Waals surface area (Å²) in [6, 6.07) is 0. The van der Waals surface area contributed by atoms with E-state index >= 15 is 0 Å². The molecule has 0 spiro atoms. The maximum absolute atomic E-state index is 5.94. The Hall–Kier alpha value is 0.251. The van der Waals surface area contributed by atoms with Crippen molar-refractivity contribution in [2.75, 3.05) is 64.0 Å². The van der Waals surface area contributed by atoms with Gasteiger partial charge in [0.2, 0.25) is 0 Å². The third-order valence-corrected chi connectivity index (χ3v) is 16.3. The van der Waals surface area contributed by atoms with Crippen LogP contribution in [0.2, 0.25) is 0 Å². The third-order valence-electron chi connectivity index (χ3n) is 6.34. The second-order valence-electron chi connectivity index (χ2n) is 8.52. The molecule has 0 radical (unpaired) electrons. The fourth-order valence-corrected chi connectivity index (χ4v) is 14.3. The number of hydrogen-bond acceptors (Lipinski definition) is 10. The second-order valence-corrected chi connectivity index (χ2v) is 19.2. The van der Waals surface area contributed by atoms with E-state index < -0.39 is 41.9 Å². The summed E-state index contributed by atoms with van der Waals surface area (Å²) in [6.07, 6.45) is 0.